The summed E-state index contributed by atoms with van der Waals surface area (Å²) < 4.78 is 45.0. The van der Waals surface area contributed by atoms with E-state index in [-0.39, 0.29) is 12.2 Å². The zero-order valence-corrected chi connectivity index (χ0v) is 16.2. The smallest absolute Gasteiger partial charge is 0.452 e. The Morgan fingerprint density at radius 1 is 1.33 bits per heavy atom. The van der Waals surface area contributed by atoms with E-state index in [1.165, 1.54) is 19.1 Å². The number of nitrogens with one attached hydrogen (secondary N) is 1. The van der Waals surface area contributed by atoms with E-state index in [1.807, 2.05) is 0 Å². The van der Waals surface area contributed by atoms with Crippen molar-refractivity contribution < 1.29 is 27.5 Å². The second-order valence-corrected chi connectivity index (χ2v) is 6.86. The Balaban J connectivity index is 1.61. The zero-order chi connectivity index (χ0) is 21.9. The van der Waals surface area contributed by atoms with Gasteiger partial charge in [0.2, 0.25) is 0 Å². The molecule has 0 aliphatic carbocycles. The largest absolute Gasteiger partial charge is 0.453 e. The highest BCUT2D eigenvalue weighted by Gasteiger charge is 2.38. The first kappa shape index (κ1) is 21.5. The van der Waals surface area contributed by atoms with Crippen molar-refractivity contribution in [3.05, 3.63) is 30.6 Å². The Hall–Kier alpha value is -3.18. The molecule has 0 bridgehead atoms. The molecule has 2 aromatic rings. The van der Waals surface area contributed by atoms with E-state index in [2.05, 4.69) is 27.2 Å². The van der Waals surface area contributed by atoms with Crippen LogP contribution in [0.15, 0.2) is 24.8 Å². The maximum atomic E-state index is 13.0. The van der Waals surface area contributed by atoms with Crippen molar-refractivity contribution in [3.8, 4) is 0 Å². The lowest BCUT2D eigenvalue weighted by molar-refractivity contribution is -0.159. The first-order valence-corrected chi connectivity index (χ1v) is 9.34. The number of carbonyl (C=O) groups is 2. The number of nitrogens with zero attached hydrogens (tertiary/aromatic N) is 5. The van der Waals surface area contributed by atoms with Crippen molar-refractivity contribution in [1.82, 2.24) is 25.1 Å². The van der Waals surface area contributed by atoms with Gasteiger partial charge in [-0.2, -0.15) is 17.7 Å². The number of ether oxygens (including phenoxy) is 1. The van der Waals surface area contributed by atoms with Gasteiger partial charge in [-0.1, -0.05) is 6.08 Å². The number of halogens is 3. The molecule has 3 rings (SSSR count). The van der Waals surface area contributed by atoms with E-state index < -0.39 is 35.9 Å². The van der Waals surface area contributed by atoms with Gasteiger partial charge in [-0.05, 0) is 31.9 Å². The molecule has 1 fully saturated rings. The third kappa shape index (κ3) is 4.69. The number of rotatable bonds is 6. The van der Waals surface area contributed by atoms with Gasteiger partial charge in [-0.3, -0.25) is 9.59 Å². The Labute approximate surface area is 169 Å². The molecule has 1 amide bonds. The molecule has 0 unspecified atom stereocenters. The van der Waals surface area contributed by atoms with Crippen molar-refractivity contribution in [3.63, 3.8) is 0 Å². The molecule has 1 aliphatic rings. The van der Waals surface area contributed by atoms with Gasteiger partial charge in [-0.15, -0.1) is 21.9 Å². The molecule has 0 aromatic carbocycles. The quantitative estimate of drug-likeness (QED) is 0.553. The first-order chi connectivity index (χ1) is 14.2. The summed E-state index contributed by atoms with van der Waals surface area (Å²) >= 11 is 0. The Bertz CT molecular complexity index is 937. The van der Waals surface area contributed by atoms with Crippen molar-refractivity contribution in [1.29, 1.82) is 0 Å². The number of piperidine rings is 1. The van der Waals surface area contributed by atoms with Crippen LogP contribution in [-0.2, 0) is 20.5 Å². The summed E-state index contributed by atoms with van der Waals surface area (Å²) in [6.45, 7) is 6.06. The van der Waals surface area contributed by atoms with Crippen LogP contribution in [0.4, 0.5) is 19.0 Å². The van der Waals surface area contributed by atoms with Gasteiger partial charge in [0.15, 0.2) is 11.8 Å². The maximum Gasteiger partial charge on any atom is 0.453 e. The monoisotopic (exact) mass is 426 g/mol. The third-order valence-electron chi connectivity index (χ3n) is 4.74. The van der Waals surface area contributed by atoms with Gasteiger partial charge >= 0.3 is 12.1 Å². The molecule has 2 aromatic heterocycles. The van der Waals surface area contributed by atoms with Gasteiger partial charge in [0.25, 0.3) is 11.7 Å². The highest BCUT2D eigenvalue weighted by Crippen LogP contribution is 2.29. The second kappa shape index (κ2) is 8.67. The van der Waals surface area contributed by atoms with E-state index >= 15 is 0 Å². The second-order valence-electron chi connectivity index (χ2n) is 6.86. The minimum Gasteiger partial charge on any atom is -0.452 e. The molecule has 162 valence electrons. The van der Waals surface area contributed by atoms with E-state index in [0.29, 0.717) is 36.3 Å². The molecule has 0 saturated carbocycles. The number of hydrogen-bond donors (Lipinski definition) is 1. The summed E-state index contributed by atoms with van der Waals surface area (Å²) in [7, 11) is 0. The molecule has 1 saturated heterocycles. The summed E-state index contributed by atoms with van der Waals surface area (Å²) in [6, 6.07) is 2.98. The molecule has 1 N–H and O–H groups in total. The fraction of sp³-hybridized carbons (Fsp3) is 0.500. The van der Waals surface area contributed by atoms with E-state index in [9.17, 15) is 22.8 Å². The summed E-state index contributed by atoms with van der Waals surface area (Å²) in [5, 5.41) is 13.2. The fourth-order valence-electron chi connectivity index (χ4n) is 3.11. The zero-order valence-electron chi connectivity index (χ0n) is 16.2. The Kier molecular flexibility index (Phi) is 6.22. The van der Waals surface area contributed by atoms with Crippen LogP contribution in [0.5, 0.6) is 0 Å². The highest BCUT2D eigenvalue weighted by molar-refractivity contribution is 5.84. The third-order valence-corrected chi connectivity index (χ3v) is 4.74. The molecular weight excluding hydrogens is 405 g/mol. The number of aromatic nitrogens is 4. The summed E-state index contributed by atoms with van der Waals surface area (Å²) in [5.74, 6) is -2.15. The molecular formula is C18H21F3N6O3. The van der Waals surface area contributed by atoms with E-state index in [4.69, 9.17) is 4.74 Å². The lowest BCUT2D eigenvalue weighted by atomic mass is 9.97. The van der Waals surface area contributed by atoms with Crippen LogP contribution in [0.25, 0.3) is 5.65 Å². The molecule has 1 atom stereocenters. The van der Waals surface area contributed by atoms with Crippen LogP contribution in [0.2, 0.25) is 0 Å². The van der Waals surface area contributed by atoms with Crippen LogP contribution < -0.4 is 10.2 Å². The lowest BCUT2D eigenvalue weighted by Crippen LogP contribution is -2.41. The molecule has 30 heavy (non-hydrogen) atoms. The van der Waals surface area contributed by atoms with Gasteiger partial charge in [-0.25, -0.2) is 0 Å². The molecule has 1 aliphatic heterocycles. The van der Waals surface area contributed by atoms with Gasteiger partial charge in [0.1, 0.15) is 5.82 Å². The van der Waals surface area contributed by atoms with Gasteiger partial charge < -0.3 is 15.0 Å². The van der Waals surface area contributed by atoms with Crippen LogP contribution in [0.1, 0.15) is 25.6 Å². The van der Waals surface area contributed by atoms with Crippen LogP contribution in [0, 0.1) is 5.92 Å². The first-order valence-electron chi connectivity index (χ1n) is 9.34. The standard InChI is InChI=1S/C18H21F3N6O3/c1-3-8-22-15(28)11(2)30-16(29)12-6-9-26(10-7-12)14-5-4-13-23-24-17(18(19,20)21)27(13)25-14/h3-5,11-12H,1,6-10H2,2H3,(H,22,28)/t11-/m0/s1. The summed E-state index contributed by atoms with van der Waals surface area (Å²) in [4.78, 5) is 25.9. The fourth-order valence-corrected chi connectivity index (χ4v) is 3.11. The van der Waals surface area contributed by atoms with Crippen LogP contribution in [-0.4, -0.2) is 57.4 Å². The van der Waals surface area contributed by atoms with E-state index in [0.717, 1.165) is 0 Å². The van der Waals surface area contributed by atoms with Crippen molar-refractivity contribution in [2.24, 2.45) is 5.92 Å². The molecule has 0 spiro atoms. The van der Waals surface area contributed by atoms with Crippen molar-refractivity contribution in [2.45, 2.75) is 32.0 Å². The lowest BCUT2D eigenvalue weighted by Gasteiger charge is -2.32. The minimum atomic E-state index is -4.67. The van der Waals surface area contributed by atoms with Gasteiger partial charge in [0, 0.05) is 19.6 Å². The number of amides is 1. The molecule has 3 heterocycles. The summed E-state index contributed by atoms with van der Waals surface area (Å²) in [5.41, 5.74) is -0.00624. The van der Waals surface area contributed by atoms with E-state index in [1.54, 1.807) is 11.0 Å². The Morgan fingerprint density at radius 2 is 2.03 bits per heavy atom. The number of hydrogen-bond acceptors (Lipinski definition) is 7. The normalized spacial score (nSPS) is 16.3. The van der Waals surface area contributed by atoms with Crippen molar-refractivity contribution >= 4 is 23.3 Å². The number of fused-ring (bicyclic) bond motifs is 1. The predicted molar refractivity (Wildman–Crippen MR) is 99.5 cm³/mol. The number of anilines is 1. The maximum absolute atomic E-state index is 13.0. The van der Waals surface area contributed by atoms with Gasteiger partial charge in [0.05, 0.1) is 5.92 Å². The molecule has 12 heteroatoms. The SMILES string of the molecule is C=CCNC(=O)[C@H](C)OC(=O)C1CCN(c2ccc3nnc(C(F)(F)F)n3n2)CC1. The number of esters is 1. The highest BCUT2D eigenvalue weighted by atomic mass is 19.4. The number of alkyl halides is 3. The predicted octanol–water partition coefficient (Wildman–Crippen LogP) is 1.59. The molecule has 9 nitrogen and oxygen atoms in total. The number of carbonyl (C=O) groups excluding carboxylic acids is 2. The average Bonchev–Trinajstić information content (AvgIpc) is 3.15. The average molecular weight is 426 g/mol. The van der Waals surface area contributed by atoms with Crippen molar-refractivity contribution in [2.75, 3.05) is 24.5 Å². The Morgan fingerprint density at radius 3 is 2.67 bits per heavy atom. The minimum absolute atomic E-state index is 0.00624. The topological polar surface area (TPSA) is 102 Å². The van der Waals surface area contributed by atoms with Crippen LogP contribution >= 0.6 is 0 Å². The molecule has 0 radical (unpaired) electrons. The summed E-state index contributed by atoms with van der Waals surface area (Å²) in [6.07, 6.45) is -3.22. The van der Waals surface area contributed by atoms with Crippen LogP contribution in [0.3, 0.4) is 0 Å².